The lowest BCUT2D eigenvalue weighted by Crippen LogP contribution is -2.36. The van der Waals surface area contributed by atoms with Gasteiger partial charge in [0.05, 0.1) is 19.8 Å². The molecule has 0 unspecified atom stereocenters. The number of morpholine rings is 1. The van der Waals surface area contributed by atoms with Crippen LogP contribution in [-0.2, 0) is 4.74 Å². The van der Waals surface area contributed by atoms with E-state index in [1.165, 1.54) is 4.90 Å². The maximum atomic E-state index is 12.7. The van der Waals surface area contributed by atoms with Crippen molar-refractivity contribution in [3.63, 3.8) is 0 Å². The topological polar surface area (TPSA) is 87.2 Å². The van der Waals surface area contributed by atoms with Gasteiger partial charge in [-0.1, -0.05) is 6.07 Å². The summed E-state index contributed by atoms with van der Waals surface area (Å²) < 4.78 is 49.0. The van der Waals surface area contributed by atoms with Crippen LogP contribution in [0, 0.1) is 6.92 Å². The molecule has 1 aromatic heterocycles. The second kappa shape index (κ2) is 11.2. The number of urea groups is 1. The smallest absolute Gasteiger partial charge is 0.409 e. The van der Waals surface area contributed by atoms with Crippen LogP contribution in [0.15, 0.2) is 42.0 Å². The Hall–Kier alpha value is -3.31. The van der Waals surface area contributed by atoms with Gasteiger partial charge in [0.1, 0.15) is 12.4 Å². The summed E-state index contributed by atoms with van der Waals surface area (Å²) in [6.45, 7) is 4.64. The Morgan fingerprint density at radius 3 is 2.72 bits per heavy atom. The van der Waals surface area contributed by atoms with Gasteiger partial charge >= 0.3 is 12.2 Å². The molecule has 2 amide bonds. The van der Waals surface area contributed by atoms with E-state index in [2.05, 4.69) is 15.2 Å². The van der Waals surface area contributed by atoms with E-state index in [4.69, 9.17) is 9.47 Å². The van der Waals surface area contributed by atoms with Gasteiger partial charge in [-0.3, -0.25) is 0 Å². The second-order valence-corrected chi connectivity index (χ2v) is 8.70. The van der Waals surface area contributed by atoms with Gasteiger partial charge < -0.3 is 29.7 Å². The van der Waals surface area contributed by atoms with Crippen LogP contribution in [0.5, 0.6) is 5.88 Å². The van der Waals surface area contributed by atoms with E-state index >= 15 is 0 Å². The van der Waals surface area contributed by atoms with Crippen LogP contribution in [0.4, 0.5) is 29.5 Å². The van der Waals surface area contributed by atoms with E-state index in [1.807, 2.05) is 25.1 Å². The number of rotatable bonds is 6. The number of pyridine rings is 1. The zero-order valence-electron chi connectivity index (χ0n) is 20.0. The van der Waals surface area contributed by atoms with Crippen molar-refractivity contribution in [1.82, 2.24) is 9.88 Å². The number of carbonyl (C=O) groups is 1. The summed E-state index contributed by atoms with van der Waals surface area (Å²) in [4.78, 5) is 20.8. The van der Waals surface area contributed by atoms with E-state index in [0.717, 1.165) is 22.5 Å². The SMILES string of the molecule is Cc1ccc(NC(=O)N2CC/C(=C/C(F)(F)F)C2)cc1-c1cc(OCCO)nc(N2CCOCC2)c1. The molecule has 11 heteroatoms. The predicted octanol–water partition coefficient (Wildman–Crippen LogP) is 3.99. The van der Waals surface area contributed by atoms with Crippen LogP contribution in [0.2, 0.25) is 0 Å². The number of aryl methyl sites for hydroxylation is 1. The molecule has 4 rings (SSSR count). The lowest BCUT2D eigenvalue weighted by Gasteiger charge is -2.28. The van der Waals surface area contributed by atoms with Gasteiger partial charge in [0.2, 0.25) is 5.88 Å². The molecule has 3 heterocycles. The number of hydrogen-bond donors (Lipinski definition) is 2. The number of benzene rings is 1. The molecule has 2 aliphatic rings. The molecular weight excluding hydrogens is 477 g/mol. The Balaban J connectivity index is 1.56. The highest BCUT2D eigenvalue weighted by molar-refractivity contribution is 5.91. The highest BCUT2D eigenvalue weighted by atomic mass is 19.4. The first-order valence-electron chi connectivity index (χ1n) is 11.7. The van der Waals surface area contributed by atoms with Crippen LogP contribution >= 0.6 is 0 Å². The largest absolute Gasteiger partial charge is 0.475 e. The number of halogens is 3. The van der Waals surface area contributed by atoms with Crippen LogP contribution in [0.25, 0.3) is 11.1 Å². The molecule has 0 radical (unpaired) electrons. The molecular formula is C25H29F3N4O4. The van der Waals surface area contributed by atoms with Gasteiger partial charge in [0, 0.05) is 44.0 Å². The van der Waals surface area contributed by atoms with Crippen LogP contribution in [0.1, 0.15) is 12.0 Å². The highest BCUT2D eigenvalue weighted by Crippen LogP contribution is 2.32. The molecule has 194 valence electrons. The monoisotopic (exact) mass is 506 g/mol. The van der Waals surface area contributed by atoms with Crippen molar-refractivity contribution in [1.29, 1.82) is 0 Å². The fourth-order valence-electron chi connectivity index (χ4n) is 4.24. The van der Waals surface area contributed by atoms with Crippen LogP contribution in [0.3, 0.4) is 0 Å². The number of nitrogens with one attached hydrogen (secondary N) is 1. The zero-order chi connectivity index (χ0) is 25.7. The lowest BCUT2D eigenvalue weighted by atomic mass is 10.0. The summed E-state index contributed by atoms with van der Waals surface area (Å²) in [5, 5.41) is 12.0. The lowest BCUT2D eigenvalue weighted by molar-refractivity contribution is -0.0806. The molecule has 0 aliphatic carbocycles. The molecule has 0 atom stereocenters. The van der Waals surface area contributed by atoms with Gasteiger partial charge in [-0.2, -0.15) is 18.2 Å². The third-order valence-electron chi connectivity index (χ3n) is 6.02. The first kappa shape index (κ1) is 25.8. The molecule has 2 aliphatic heterocycles. The molecule has 0 spiro atoms. The number of anilines is 2. The van der Waals surface area contributed by atoms with Crippen molar-refractivity contribution in [2.75, 3.05) is 62.8 Å². The summed E-state index contributed by atoms with van der Waals surface area (Å²) in [5.41, 5.74) is 3.33. The van der Waals surface area contributed by atoms with Crippen molar-refractivity contribution in [3.05, 3.63) is 47.5 Å². The molecule has 2 saturated heterocycles. The average molecular weight is 507 g/mol. The molecule has 0 bridgehead atoms. The molecule has 0 saturated carbocycles. The number of aliphatic hydroxyl groups excluding tert-OH is 1. The molecule has 8 nitrogen and oxygen atoms in total. The van der Waals surface area contributed by atoms with Gasteiger partial charge in [0.15, 0.2) is 0 Å². The van der Waals surface area contributed by atoms with Gasteiger partial charge in [-0.25, -0.2) is 4.79 Å². The molecule has 36 heavy (non-hydrogen) atoms. The molecule has 2 N–H and O–H groups in total. The number of aliphatic hydroxyl groups is 1. The molecule has 1 aromatic carbocycles. The van der Waals surface area contributed by atoms with Crippen molar-refractivity contribution in [3.8, 4) is 17.0 Å². The quantitative estimate of drug-likeness (QED) is 0.577. The van der Waals surface area contributed by atoms with Gasteiger partial charge in [0.25, 0.3) is 0 Å². The minimum absolute atomic E-state index is 0.0527. The number of nitrogens with zero attached hydrogens (tertiary/aromatic N) is 3. The highest BCUT2D eigenvalue weighted by Gasteiger charge is 2.29. The Morgan fingerprint density at radius 2 is 2.00 bits per heavy atom. The summed E-state index contributed by atoms with van der Waals surface area (Å²) in [5.74, 6) is 1.09. The number of allylic oxidation sites excluding steroid dienone is 1. The van der Waals surface area contributed by atoms with Crippen LogP contribution < -0.4 is 15.0 Å². The van der Waals surface area contributed by atoms with Crippen molar-refractivity contribution >= 4 is 17.5 Å². The van der Waals surface area contributed by atoms with E-state index in [-0.39, 0.29) is 44.4 Å². The average Bonchev–Trinajstić information content (AvgIpc) is 3.31. The van der Waals surface area contributed by atoms with Crippen molar-refractivity contribution in [2.24, 2.45) is 0 Å². The van der Waals surface area contributed by atoms with Crippen molar-refractivity contribution in [2.45, 2.75) is 19.5 Å². The van der Waals surface area contributed by atoms with Gasteiger partial charge in [-0.15, -0.1) is 0 Å². The second-order valence-electron chi connectivity index (χ2n) is 8.70. The summed E-state index contributed by atoms with van der Waals surface area (Å²) in [6.07, 6.45) is -3.92. The Bertz CT molecular complexity index is 1120. The van der Waals surface area contributed by atoms with E-state index in [0.29, 0.717) is 37.9 Å². The van der Waals surface area contributed by atoms with E-state index < -0.39 is 12.2 Å². The maximum Gasteiger partial charge on any atom is 0.409 e. The molecule has 2 aromatic rings. The third kappa shape index (κ3) is 6.67. The number of aromatic nitrogens is 1. The zero-order valence-corrected chi connectivity index (χ0v) is 20.0. The predicted molar refractivity (Wildman–Crippen MR) is 129 cm³/mol. The number of alkyl halides is 3. The fourth-order valence-corrected chi connectivity index (χ4v) is 4.24. The number of amides is 2. The fraction of sp³-hybridized carbons (Fsp3) is 0.440. The minimum atomic E-state index is -4.39. The summed E-state index contributed by atoms with van der Waals surface area (Å²) >= 11 is 0. The number of hydrogen-bond acceptors (Lipinski definition) is 6. The Morgan fingerprint density at radius 1 is 1.22 bits per heavy atom. The third-order valence-corrected chi connectivity index (χ3v) is 6.02. The number of ether oxygens (including phenoxy) is 2. The van der Waals surface area contributed by atoms with E-state index in [1.54, 1.807) is 12.1 Å². The Labute approximate surface area is 207 Å². The summed E-state index contributed by atoms with van der Waals surface area (Å²) in [6, 6.07) is 8.72. The number of likely N-dealkylation sites (tertiary alicyclic amines) is 1. The van der Waals surface area contributed by atoms with Crippen LogP contribution in [-0.4, -0.2) is 79.8 Å². The normalized spacial score (nSPS) is 17.5. The minimum Gasteiger partial charge on any atom is -0.475 e. The number of carbonyl (C=O) groups excluding carboxylic acids is 1. The molecule has 2 fully saturated rings. The first-order valence-corrected chi connectivity index (χ1v) is 11.7. The van der Waals surface area contributed by atoms with E-state index in [9.17, 15) is 23.1 Å². The summed E-state index contributed by atoms with van der Waals surface area (Å²) in [7, 11) is 0. The Kier molecular flexibility index (Phi) is 8.00. The first-order chi connectivity index (χ1) is 17.2. The van der Waals surface area contributed by atoms with Gasteiger partial charge in [-0.05, 0) is 53.8 Å². The standard InChI is InChI=1S/C25H29F3N4O4/c1-17-2-3-20(29-24(34)32-5-4-18(16-32)15-25(26,27)28)14-21(17)19-12-22(31-6-9-35-10-7-31)30-23(13-19)36-11-8-33/h2-3,12-15,33H,4-11,16H2,1H3,(H,29,34)/b18-15-. The van der Waals surface area contributed by atoms with Crippen molar-refractivity contribution < 1.29 is 32.5 Å². The maximum absolute atomic E-state index is 12.7.